The molecule has 0 saturated carbocycles. The van der Waals surface area contributed by atoms with Crippen molar-refractivity contribution in [2.45, 2.75) is 31.8 Å². The molecule has 0 aliphatic carbocycles. The molecule has 2 rings (SSSR count). The first-order chi connectivity index (χ1) is 10.2. The number of likely N-dealkylation sites (N-methyl/N-ethyl adjacent to an activating group) is 2. The van der Waals surface area contributed by atoms with Crippen LogP contribution in [0.1, 0.15) is 31.4 Å². The first kappa shape index (κ1) is 16.0. The first-order valence-electron chi connectivity index (χ1n) is 7.88. The van der Waals surface area contributed by atoms with Gasteiger partial charge in [0.15, 0.2) is 0 Å². The summed E-state index contributed by atoms with van der Waals surface area (Å²) in [5.41, 5.74) is 1.08. The van der Waals surface area contributed by atoms with Gasteiger partial charge in [0.2, 0.25) is 5.91 Å². The molecule has 1 aliphatic rings. The monoisotopic (exact) mass is 289 g/mol. The van der Waals surface area contributed by atoms with Crippen LogP contribution in [-0.2, 0) is 4.79 Å². The number of benzene rings is 1. The molecule has 4 nitrogen and oxygen atoms in total. The number of carbonyl (C=O) groups excluding carboxylic acids is 1. The van der Waals surface area contributed by atoms with Gasteiger partial charge in [-0.3, -0.25) is 9.69 Å². The fraction of sp³-hybridized carbons (Fsp3) is 0.588. The average molecular weight is 289 g/mol. The Balaban J connectivity index is 2.18. The number of amides is 1. The molecule has 1 N–H and O–H groups in total. The Hall–Kier alpha value is -1.39. The fourth-order valence-corrected chi connectivity index (χ4v) is 2.99. The number of hydrogen-bond donors (Lipinski definition) is 1. The molecule has 4 heteroatoms. The normalized spacial score (nSPS) is 20.6. The summed E-state index contributed by atoms with van der Waals surface area (Å²) >= 11 is 0. The Morgan fingerprint density at radius 3 is 2.76 bits per heavy atom. The van der Waals surface area contributed by atoms with Crippen molar-refractivity contribution in [3.8, 4) is 0 Å². The standard InChI is InChI=1S/C17H27N3O/c1-4-19(3)16(14-9-6-5-7-10-14)17(21)20-12-8-11-15(13-20)18-2/h5-7,9-10,15-16,18H,4,8,11-13H2,1-3H3. The molecular weight excluding hydrogens is 262 g/mol. The minimum absolute atomic E-state index is 0.174. The molecule has 0 spiro atoms. The molecule has 0 radical (unpaired) electrons. The van der Waals surface area contributed by atoms with Crippen molar-refractivity contribution in [3.63, 3.8) is 0 Å². The van der Waals surface area contributed by atoms with Crippen LogP contribution in [0.25, 0.3) is 0 Å². The molecule has 1 aromatic rings. The summed E-state index contributed by atoms with van der Waals surface area (Å²) < 4.78 is 0. The summed E-state index contributed by atoms with van der Waals surface area (Å²) in [4.78, 5) is 17.2. The zero-order valence-electron chi connectivity index (χ0n) is 13.4. The molecule has 1 heterocycles. The van der Waals surface area contributed by atoms with Gasteiger partial charge in [0, 0.05) is 19.1 Å². The summed E-state index contributed by atoms with van der Waals surface area (Å²) in [5.74, 6) is 0.227. The van der Waals surface area contributed by atoms with Crippen LogP contribution in [-0.4, -0.2) is 55.5 Å². The molecule has 1 fully saturated rings. The molecule has 0 bridgehead atoms. The van der Waals surface area contributed by atoms with E-state index in [1.54, 1.807) is 0 Å². The van der Waals surface area contributed by atoms with Crippen molar-refractivity contribution in [2.75, 3.05) is 33.7 Å². The molecule has 116 valence electrons. The smallest absolute Gasteiger partial charge is 0.244 e. The van der Waals surface area contributed by atoms with Gasteiger partial charge >= 0.3 is 0 Å². The molecule has 1 aliphatic heterocycles. The van der Waals surface area contributed by atoms with E-state index in [0.29, 0.717) is 6.04 Å². The van der Waals surface area contributed by atoms with Crippen LogP contribution in [0.2, 0.25) is 0 Å². The highest BCUT2D eigenvalue weighted by Crippen LogP contribution is 2.23. The predicted octanol–water partition coefficient (Wildman–Crippen LogP) is 1.89. The zero-order valence-corrected chi connectivity index (χ0v) is 13.4. The lowest BCUT2D eigenvalue weighted by Gasteiger charge is -2.37. The molecule has 0 aromatic heterocycles. The lowest BCUT2D eigenvalue weighted by Crippen LogP contribution is -2.50. The van der Waals surface area contributed by atoms with E-state index in [2.05, 4.69) is 17.1 Å². The van der Waals surface area contributed by atoms with E-state index in [1.165, 1.54) is 0 Å². The van der Waals surface area contributed by atoms with Gasteiger partial charge in [0.1, 0.15) is 6.04 Å². The summed E-state index contributed by atoms with van der Waals surface area (Å²) in [6.45, 7) is 4.64. The minimum atomic E-state index is -0.174. The highest BCUT2D eigenvalue weighted by atomic mass is 16.2. The van der Waals surface area contributed by atoms with Crippen LogP contribution in [0.5, 0.6) is 0 Å². The van der Waals surface area contributed by atoms with Crippen molar-refractivity contribution in [3.05, 3.63) is 35.9 Å². The van der Waals surface area contributed by atoms with Gasteiger partial charge in [0.25, 0.3) is 0 Å². The third kappa shape index (κ3) is 3.83. The summed E-state index contributed by atoms with van der Waals surface area (Å²) in [5, 5.41) is 3.30. The minimum Gasteiger partial charge on any atom is -0.339 e. The van der Waals surface area contributed by atoms with Crippen molar-refractivity contribution < 1.29 is 4.79 Å². The van der Waals surface area contributed by atoms with Crippen molar-refractivity contribution in [2.24, 2.45) is 0 Å². The molecule has 1 saturated heterocycles. The average Bonchev–Trinajstić information content (AvgIpc) is 2.55. The quantitative estimate of drug-likeness (QED) is 0.899. The van der Waals surface area contributed by atoms with Gasteiger partial charge in [-0.2, -0.15) is 0 Å². The van der Waals surface area contributed by atoms with Gasteiger partial charge in [-0.15, -0.1) is 0 Å². The Labute approximate surface area is 128 Å². The van der Waals surface area contributed by atoms with E-state index in [4.69, 9.17) is 0 Å². The second-order valence-electron chi connectivity index (χ2n) is 5.80. The second-order valence-corrected chi connectivity index (χ2v) is 5.80. The van der Waals surface area contributed by atoms with Crippen molar-refractivity contribution >= 4 is 5.91 Å². The third-order valence-corrected chi connectivity index (χ3v) is 4.43. The van der Waals surface area contributed by atoms with Gasteiger partial charge in [-0.1, -0.05) is 37.3 Å². The molecule has 21 heavy (non-hydrogen) atoms. The van der Waals surface area contributed by atoms with Gasteiger partial charge in [-0.05, 0) is 39.0 Å². The second kappa shape index (κ2) is 7.57. The molecule has 2 atom stereocenters. The van der Waals surface area contributed by atoms with Gasteiger partial charge < -0.3 is 10.2 Å². The Morgan fingerprint density at radius 1 is 1.43 bits per heavy atom. The van der Waals surface area contributed by atoms with E-state index in [0.717, 1.165) is 38.0 Å². The van der Waals surface area contributed by atoms with Crippen LogP contribution in [0.15, 0.2) is 30.3 Å². The SMILES string of the molecule is CCN(C)C(C(=O)N1CCCC(NC)C1)c1ccccc1. The zero-order chi connectivity index (χ0) is 15.2. The maximum absolute atomic E-state index is 13.0. The number of rotatable bonds is 5. The Bertz CT molecular complexity index is 449. The first-order valence-corrected chi connectivity index (χ1v) is 7.88. The molecule has 2 unspecified atom stereocenters. The van der Waals surface area contributed by atoms with Gasteiger partial charge in [0.05, 0.1) is 0 Å². The van der Waals surface area contributed by atoms with Crippen molar-refractivity contribution in [1.82, 2.24) is 15.1 Å². The number of carbonyl (C=O) groups is 1. The molecule has 1 amide bonds. The van der Waals surface area contributed by atoms with Crippen LogP contribution in [0.4, 0.5) is 0 Å². The summed E-state index contributed by atoms with van der Waals surface area (Å²) in [7, 11) is 4.00. The van der Waals surface area contributed by atoms with Crippen LogP contribution >= 0.6 is 0 Å². The number of nitrogens with one attached hydrogen (secondary N) is 1. The fourth-order valence-electron chi connectivity index (χ4n) is 2.99. The number of hydrogen-bond acceptors (Lipinski definition) is 3. The summed E-state index contributed by atoms with van der Waals surface area (Å²) in [6, 6.07) is 10.4. The lowest BCUT2D eigenvalue weighted by atomic mass is 10.0. The number of likely N-dealkylation sites (tertiary alicyclic amines) is 1. The van der Waals surface area contributed by atoms with E-state index in [9.17, 15) is 4.79 Å². The Kier molecular flexibility index (Phi) is 5.76. The maximum atomic E-state index is 13.0. The number of nitrogens with zero attached hydrogens (tertiary/aromatic N) is 2. The highest BCUT2D eigenvalue weighted by molar-refractivity contribution is 5.83. The number of piperidine rings is 1. The van der Waals surface area contributed by atoms with E-state index < -0.39 is 0 Å². The van der Waals surface area contributed by atoms with Gasteiger partial charge in [-0.25, -0.2) is 0 Å². The summed E-state index contributed by atoms with van der Waals surface area (Å²) in [6.07, 6.45) is 2.23. The van der Waals surface area contributed by atoms with E-state index in [-0.39, 0.29) is 11.9 Å². The Morgan fingerprint density at radius 2 is 2.14 bits per heavy atom. The molecular formula is C17H27N3O. The molecule has 1 aromatic carbocycles. The predicted molar refractivity (Wildman–Crippen MR) is 86.1 cm³/mol. The topological polar surface area (TPSA) is 35.6 Å². The van der Waals surface area contributed by atoms with Crippen LogP contribution in [0, 0.1) is 0 Å². The van der Waals surface area contributed by atoms with E-state index in [1.807, 2.05) is 49.3 Å². The largest absolute Gasteiger partial charge is 0.339 e. The van der Waals surface area contributed by atoms with E-state index >= 15 is 0 Å². The third-order valence-electron chi connectivity index (χ3n) is 4.43. The van der Waals surface area contributed by atoms with Crippen molar-refractivity contribution in [1.29, 1.82) is 0 Å². The lowest BCUT2D eigenvalue weighted by molar-refractivity contribution is -0.138. The maximum Gasteiger partial charge on any atom is 0.244 e. The highest BCUT2D eigenvalue weighted by Gasteiger charge is 2.31. The van der Waals surface area contributed by atoms with Crippen LogP contribution in [0.3, 0.4) is 0 Å². The van der Waals surface area contributed by atoms with Crippen LogP contribution < -0.4 is 5.32 Å².